The minimum Gasteiger partial charge on any atom is -0.444 e. The van der Waals surface area contributed by atoms with Gasteiger partial charge in [-0.3, -0.25) is 0 Å². The Bertz CT molecular complexity index is 296. The molecule has 0 aromatic carbocycles. The van der Waals surface area contributed by atoms with Gasteiger partial charge in [-0.25, -0.2) is 9.78 Å². The van der Waals surface area contributed by atoms with Gasteiger partial charge in [0.15, 0.2) is 0 Å². The molecule has 1 amide bonds. The first-order valence-electron chi connectivity index (χ1n) is 3.85. The average molecular weight is 200 g/mol. The molecule has 1 rings (SSSR count). The molecular weight excluding hydrogens is 188 g/mol. The van der Waals surface area contributed by atoms with E-state index in [1.165, 1.54) is 16.2 Å². The number of thiazole rings is 1. The number of rotatable bonds is 2. The predicted octanol–water partition coefficient (Wildman–Crippen LogP) is 1.65. The molecular formula is C8H12N2O2S. The summed E-state index contributed by atoms with van der Waals surface area (Å²) in [7, 11) is 3.31. The number of amides is 1. The summed E-state index contributed by atoms with van der Waals surface area (Å²) in [5.41, 5.74) is 0. The van der Waals surface area contributed by atoms with E-state index < -0.39 is 0 Å². The zero-order chi connectivity index (χ0) is 9.84. The second kappa shape index (κ2) is 4.23. The van der Waals surface area contributed by atoms with Crippen molar-refractivity contribution in [2.45, 2.75) is 13.5 Å². The van der Waals surface area contributed by atoms with Crippen molar-refractivity contribution >= 4 is 17.4 Å². The van der Waals surface area contributed by atoms with Crippen molar-refractivity contribution < 1.29 is 9.53 Å². The van der Waals surface area contributed by atoms with Crippen molar-refractivity contribution in [1.82, 2.24) is 9.88 Å². The Morgan fingerprint density at radius 1 is 1.69 bits per heavy atom. The van der Waals surface area contributed by atoms with Crippen LogP contribution >= 0.6 is 11.3 Å². The van der Waals surface area contributed by atoms with Crippen molar-refractivity contribution in [2.24, 2.45) is 0 Å². The van der Waals surface area contributed by atoms with E-state index in [1.807, 2.05) is 6.92 Å². The number of aromatic nitrogens is 1. The molecule has 13 heavy (non-hydrogen) atoms. The van der Waals surface area contributed by atoms with Gasteiger partial charge in [0.25, 0.3) is 0 Å². The molecule has 0 saturated heterocycles. The van der Waals surface area contributed by atoms with Crippen LogP contribution in [0.3, 0.4) is 0 Å². The van der Waals surface area contributed by atoms with E-state index in [0.717, 1.165) is 9.88 Å². The third-order valence-corrected chi connectivity index (χ3v) is 2.26. The highest BCUT2D eigenvalue weighted by Gasteiger charge is 2.05. The quantitative estimate of drug-likeness (QED) is 0.729. The molecule has 0 radical (unpaired) electrons. The zero-order valence-corrected chi connectivity index (χ0v) is 8.72. The molecule has 1 aromatic heterocycles. The van der Waals surface area contributed by atoms with E-state index in [2.05, 4.69) is 4.98 Å². The van der Waals surface area contributed by atoms with E-state index in [9.17, 15) is 4.79 Å². The number of hydrogen-bond donors (Lipinski definition) is 0. The first kappa shape index (κ1) is 9.98. The van der Waals surface area contributed by atoms with Gasteiger partial charge in [-0.2, -0.15) is 0 Å². The highest BCUT2D eigenvalue weighted by molar-refractivity contribution is 7.11. The molecule has 0 bridgehead atoms. The van der Waals surface area contributed by atoms with Crippen molar-refractivity contribution in [3.63, 3.8) is 0 Å². The van der Waals surface area contributed by atoms with Crippen LogP contribution in [0.5, 0.6) is 0 Å². The number of ether oxygens (including phenoxy) is 1. The van der Waals surface area contributed by atoms with Crippen LogP contribution in [-0.2, 0) is 11.3 Å². The highest BCUT2D eigenvalue weighted by Crippen LogP contribution is 2.12. The van der Waals surface area contributed by atoms with Crippen molar-refractivity contribution in [3.05, 3.63) is 16.1 Å². The van der Waals surface area contributed by atoms with Crippen LogP contribution in [0.15, 0.2) is 6.20 Å². The summed E-state index contributed by atoms with van der Waals surface area (Å²) in [5.74, 6) is 0. The van der Waals surface area contributed by atoms with Crippen molar-refractivity contribution in [2.75, 3.05) is 14.1 Å². The fraction of sp³-hybridized carbons (Fsp3) is 0.500. The number of carbonyl (C=O) groups excluding carboxylic acids is 1. The Hall–Kier alpha value is -1.10. The van der Waals surface area contributed by atoms with Gasteiger partial charge in [0, 0.05) is 20.3 Å². The van der Waals surface area contributed by atoms with Gasteiger partial charge >= 0.3 is 6.09 Å². The molecule has 0 N–H and O–H groups in total. The topological polar surface area (TPSA) is 42.4 Å². The maximum absolute atomic E-state index is 11.0. The van der Waals surface area contributed by atoms with Crippen LogP contribution in [-0.4, -0.2) is 30.1 Å². The molecule has 1 aromatic rings. The molecule has 5 heteroatoms. The van der Waals surface area contributed by atoms with Gasteiger partial charge in [0.2, 0.25) is 0 Å². The summed E-state index contributed by atoms with van der Waals surface area (Å²) < 4.78 is 4.96. The lowest BCUT2D eigenvalue weighted by molar-refractivity contribution is 0.113. The van der Waals surface area contributed by atoms with Crippen LogP contribution in [0.4, 0.5) is 4.79 Å². The number of hydrogen-bond acceptors (Lipinski definition) is 4. The minimum absolute atomic E-state index is 0.308. The van der Waals surface area contributed by atoms with Crippen molar-refractivity contribution in [1.29, 1.82) is 0 Å². The maximum atomic E-state index is 11.0. The van der Waals surface area contributed by atoms with Crippen LogP contribution < -0.4 is 0 Å². The molecule has 4 nitrogen and oxygen atoms in total. The Morgan fingerprint density at radius 2 is 2.38 bits per heavy atom. The van der Waals surface area contributed by atoms with E-state index in [1.54, 1.807) is 20.3 Å². The molecule has 0 saturated carbocycles. The van der Waals surface area contributed by atoms with Crippen molar-refractivity contribution in [3.8, 4) is 0 Å². The van der Waals surface area contributed by atoms with Crippen LogP contribution in [0.2, 0.25) is 0 Å². The fourth-order valence-electron chi connectivity index (χ4n) is 0.734. The predicted molar refractivity (Wildman–Crippen MR) is 50.7 cm³/mol. The summed E-state index contributed by atoms with van der Waals surface area (Å²) in [6, 6.07) is 0. The Morgan fingerprint density at radius 3 is 2.85 bits per heavy atom. The Kier molecular flexibility index (Phi) is 3.25. The van der Waals surface area contributed by atoms with Gasteiger partial charge < -0.3 is 9.64 Å². The summed E-state index contributed by atoms with van der Waals surface area (Å²) >= 11 is 1.53. The normalized spacial score (nSPS) is 9.77. The molecule has 1 heterocycles. The molecule has 0 fully saturated rings. The second-order valence-corrected chi connectivity index (χ2v) is 4.11. The molecule has 0 aliphatic heterocycles. The zero-order valence-electron chi connectivity index (χ0n) is 7.90. The largest absolute Gasteiger partial charge is 0.444 e. The smallest absolute Gasteiger partial charge is 0.409 e. The monoisotopic (exact) mass is 200 g/mol. The number of carbonyl (C=O) groups is 1. The third kappa shape index (κ3) is 3.02. The molecule has 72 valence electrons. The lowest BCUT2D eigenvalue weighted by Gasteiger charge is -2.09. The first-order valence-corrected chi connectivity index (χ1v) is 4.66. The molecule has 0 atom stereocenters. The molecule has 0 aliphatic carbocycles. The van der Waals surface area contributed by atoms with Gasteiger partial charge in [-0.05, 0) is 6.92 Å². The maximum Gasteiger partial charge on any atom is 0.409 e. The first-order chi connectivity index (χ1) is 6.09. The standard InChI is InChI=1S/C8H12N2O2S/c1-6-9-4-7(13-6)5-12-8(11)10(2)3/h4H,5H2,1-3H3. The molecule has 0 spiro atoms. The summed E-state index contributed by atoms with van der Waals surface area (Å²) in [6.07, 6.45) is 1.40. The van der Waals surface area contributed by atoms with Crippen LogP contribution in [0, 0.1) is 6.92 Å². The minimum atomic E-state index is -0.328. The fourth-order valence-corrected chi connectivity index (χ4v) is 1.44. The van der Waals surface area contributed by atoms with Gasteiger partial charge in [-0.1, -0.05) is 0 Å². The molecule has 0 unspecified atom stereocenters. The Balaban J connectivity index is 2.39. The lowest BCUT2D eigenvalue weighted by atomic mass is 10.6. The average Bonchev–Trinajstić information content (AvgIpc) is 2.47. The summed E-state index contributed by atoms with van der Waals surface area (Å²) in [4.78, 5) is 17.4. The lowest BCUT2D eigenvalue weighted by Crippen LogP contribution is -2.22. The van der Waals surface area contributed by atoms with Gasteiger partial charge in [0.1, 0.15) is 6.61 Å². The SMILES string of the molecule is Cc1ncc(COC(=O)N(C)C)s1. The highest BCUT2D eigenvalue weighted by atomic mass is 32.1. The van der Waals surface area contributed by atoms with Gasteiger partial charge in [0.05, 0.1) is 9.88 Å². The number of aryl methyl sites for hydroxylation is 1. The second-order valence-electron chi connectivity index (χ2n) is 2.79. The van der Waals surface area contributed by atoms with Crippen LogP contribution in [0.25, 0.3) is 0 Å². The summed E-state index contributed by atoms with van der Waals surface area (Å²) in [6.45, 7) is 2.23. The summed E-state index contributed by atoms with van der Waals surface area (Å²) in [5, 5.41) is 0.982. The van der Waals surface area contributed by atoms with Gasteiger partial charge in [-0.15, -0.1) is 11.3 Å². The van der Waals surface area contributed by atoms with E-state index >= 15 is 0 Å². The Labute approximate surface area is 81.2 Å². The van der Waals surface area contributed by atoms with Crippen LogP contribution in [0.1, 0.15) is 9.88 Å². The van der Waals surface area contributed by atoms with E-state index in [0.29, 0.717) is 6.61 Å². The number of nitrogens with zero attached hydrogens (tertiary/aromatic N) is 2. The van der Waals surface area contributed by atoms with E-state index in [4.69, 9.17) is 4.74 Å². The van der Waals surface area contributed by atoms with E-state index in [-0.39, 0.29) is 6.09 Å². The third-order valence-electron chi connectivity index (χ3n) is 1.37. The molecule has 0 aliphatic rings.